The van der Waals surface area contributed by atoms with Crippen molar-refractivity contribution in [3.05, 3.63) is 0 Å². The fourth-order valence-electron chi connectivity index (χ4n) is 2.96. The molecule has 0 aromatic rings. The van der Waals surface area contributed by atoms with Crippen LogP contribution in [0.2, 0.25) is 0 Å². The van der Waals surface area contributed by atoms with E-state index in [1.165, 1.54) is 89.9 Å². The third kappa shape index (κ3) is 37.0. The Morgan fingerprint density at radius 2 is 1.00 bits per heavy atom. The first-order valence-corrected chi connectivity index (χ1v) is 15.6. The molecule has 7 heteroatoms. The molecule has 0 radical (unpaired) electrons. The van der Waals surface area contributed by atoms with Gasteiger partial charge >= 0.3 is 44.8 Å². The molecule has 0 aliphatic heterocycles. The van der Waals surface area contributed by atoms with Crippen LogP contribution in [-0.2, 0) is 28.2 Å². The molecule has 0 amide bonds. The van der Waals surface area contributed by atoms with Crippen LogP contribution in [0.5, 0.6) is 0 Å². The summed E-state index contributed by atoms with van der Waals surface area (Å²) in [5.41, 5.74) is 0. The van der Waals surface area contributed by atoms with Crippen molar-refractivity contribution in [3.8, 4) is 0 Å². The molecule has 0 fully saturated rings. The van der Waals surface area contributed by atoms with Crippen molar-refractivity contribution >= 4 is 26.1 Å². The zero-order valence-electron chi connectivity index (χ0n) is 18.2. The SMILES string of the molecule is CCCCCCCCCCCCCCCCCC(=O)OC(C)C.[O]=[Cr](=[O])([Cl])[Cl]. The van der Waals surface area contributed by atoms with Gasteiger partial charge in [0, 0.05) is 6.42 Å². The standard InChI is InChI=1S/C21H42O2.2ClH.Cr.2O/c1-4-5-6-7-8-9-10-11-12-13-14-15-16-17-18-19-21(22)23-20(2)3;;;;;/h20H,4-19H2,1-3H3;2*1H;;;/q;;;+2;;/p-2. The predicted molar refractivity (Wildman–Crippen MR) is 114 cm³/mol. The van der Waals surface area contributed by atoms with E-state index in [1.54, 1.807) is 0 Å². The molecule has 0 saturated carbocycles. The van der Waals surface area contributed by atoms with E-state index in [9.17, 15) is 12.4 Å². The van der Waals surface area contributed by atoms with Gasteiger partial charge in [0.05, 0.1) is 6.10 Å². The van der Waals surface area contributed by atoms with Crippen molar-refractivity contribution in [2.45, 2.75) is 130 Å². The first-order valence-electron chi connectivity index (χ1n) is 11.0. The molecule has 0 rings (SSSR count). The maximum atomic E-state index is 11.4. The van der Waals surface area contributed by atoms with Crippen LogP contribution in [0.4, 0.5) is 0 Å². The molecule has 4 nitrogen and oxygen atoms in total. The summed E-state index contributed by atoms with van der Waals surface area (Å²) in [6.45, 7) is 6.09. The molecule has 0 aliphatic carbocycles. The molecule has 28 heavy (non-hydrogen) atoms. The van der Waals surface area contributed by atoms with Crippen molar-refractivity contribution in [2.24, 2.45) is 0 Å². The molecule has 0 bridgehead atoms. The van der Waals surface area contributed by atoms with Crippen LogP contribution in [0.3, 0.4) is 0 Å². The second-order valence-corrected chi connectivity index (χ2v) is 12.8. The molecule has 0 saturated heterocycles. The van der Waals surface area contributed by atoms with Crippen LogP contribution in [0.1, 0.15) is 124 Å². The van der Waals surface area contributed by atoms with Gasteiger partial charge in [0.1, 0.15) is 0 Å². The summed E-state index contributed by atoms with van der Waals surface area (Å²) in [5.74, 6) is -0.0327. The van der Waals surface area contributed by atoms with Crippen molar-refractivity contribution in [2.75, 3.05) is 0 Å². The van der Waals surface area contributed by atoms with Gasteiger partial charge in [-0.25, -0.2) is 0 Å². The first kappa shape index (κ1) is 30.4. The van der Waals surface area contributed by atoms with E-state index in [4.69, 9.17) is 4.74 Å². The molecule has 0 spiro atoms. The maximum absolute atomic E-state index is 11.4. The second-order valence-electron chi connectivity index (χ2n) is 7.62. The average Bonchev–Trinajstić information content (AvgIpc) is 2.56. The minimum atomic E-state index is -4.31. The van der Waals surface area contributed by atoms with Gasteiger partial charge in [-0.3, -0.25) is 4.79 Å². The van der Waals surface area contributed by atoms with E-state index in [1.807, 2.05) is 13.8 Å². The Hall–Kier alpha value is 0.182. The van der Waals surface area contributed by atoms with Crippen molar-refractivity contribution in [1.82, 2.24) is 0 Å². The van der Waals surface area contributed by atoms with Gasteiger partial charge < -0.3 is 4.74 Å². The number of halogens is 2. The Balaban J connectivity index is 0. The summed E-state index contributed by atoms with van der Waals surface area (Å²) in [5, 5.41) is 0. The van der Waals surface area contributed by atoms with Crippen LogP contribution in [0.25, 0.3) is 0 Å². The van der Waals surface area contributed by atoms with Gasteiger partial charge in [0.15, 0.2) is 0 Å². The third-order valence-electron chi connectivity index (χ3n) is 4.35. The van der Waals surface area contributed by atoms with Gasteiger partial charge in [-0.2, -0.15) is 0 Å². The molecular formula is C21H42Cl2CrO4. The fourth-order valence-corrected chi connectivity index (χ4v) is 2.96. The fraction of sp³-hybridized carbons (Fsp3) is 0.952. The number of carbonyl (C=O) groups excluding carboxylic acids is 1. The van der Waals surface area contributed by atoms with Crippen LogP contribution in [0.15, 0.2) is 0 Å². The summed E-state index contributed by atoms with van der Waals surface area (Å²) in [6, 6.07) is 0. The summed E-state index contributed by atoms with van der Waals surface area (Å²) < 4.78 is 23.6. The molecule has 0 aromatic heterocycles. The number of ether oxygens (including phenoxy) is 1. The topological polar surface area (TPSA) is 60.4 Å². The molecule has 0 unspecified atom stereocenters. The van der Waals surface area contributed by atoms with Crippen LogP contribution < -0.4 is 0 Å². The molecule has 0 heterocycles. The summed E-state index contributed by atoms with van der Waals surface area (Å²) in [4.78, 5) is 11.4. The van der Waals surface area contributed by atoms with E-state index < -0.39 is 11.1 Å². The number of hydrogen-bond donors (Lipinski definition) is 0. The van der Waals surface area contributed by atoms with Crippen LogP contribution >= 0.6 is 20.1 Å². The Morgan fingerprint density at radius 1 is 0.714 bits per heavy atom. The number of hydrogen-bond acceptors (Lipinski definition) is 4. The first-order chi connectivity index (χ1) is 13.2. The van der Waals surface area contributed by atoms with Gasteiger partial charge in [0.2, 0.25) is 0 Å². The molecule has 0 aliphatic rings. The quantitative estimate of drug-likeness (QED) is 0.155. The van der Waals surface area contributed by atoms with Crippen LogP contribution in [0, 0.1) is 0 Å². The van der Waals surface area contributed by atoms with E-state index in [-0.39, 0.29) is 12.1 Å². The van der Waals surface area contributed by atoms with E-state index in [0.29, 0.717) is 6.42 Å². The van der Waals surface area contributed by atoms with Gasteiger partial charge in [-0.1, -0.05) is 96.8 Å². The van der Waals surface area contributed by atoms with E-state index in [2.05, 4.69) is 27.0 Å². The van der Waals surface area contributed by atoms with Crippen LogP contribution in [-0.4, -0.2) is 12.1 Å². The molecule has 0 aromatic carbocycles. The van der Waals surface area contributed by atoms with E-state index >= 15 is 0 Å². The Kier molecular flexibility index (Phi) is 23.7. The molecule has 0 atom stereocenters. The minimum absolute atomic E-state index is 0.0267. The zero-order chi connectivity index (χ0) is 21.7. The van der Waals surface area contributed by atoms with Crippen molar-refractivity contribution < 1.29 is 28.2 Å². The normalized spacial score (nSPS) is 11.2. The summed E-state index contributed by atoms with van der Waals surface area (Å²) >= 11 is -4.31. The Bertz CT molecular complexity index is 432. The number of unbranched alkanes of at least 4 members (excludes halogenated alkanes) is 14. The average molecular weight is 481 g/mol. The molecule has 170 valence electrons. The number of esters is 1. The van der Waals surface area contributed by atoms with Crippen molar-refractivity contribution in [1.29, 1.82) is 0 Å². The molecular weight excluding hydrogens is 439 g/mol. The summed E-state index contributed by atoms with van der Waals surface area (Å²) in [6.07, 6.45) is 20.9. The summed E-state index contributed by atoms with van der Waals surface area (Å²) in [7, 11) is 8.68. The van der Waals surface area contributed by atoms with Gasteiger partial charge in [-0.05, 0) is 20.3 Å². The van der Waals surface area contributed by atoms with E-state index in [0.717, 1.165) is 6.42 Å². The Morgan fingerprint density at radius 3 is 1.29 bits per heavy atom. The Labute approximate surface area is 183 Å². The second kappa shape index (κ2) is 21.9. The van der Waals surface area contributed by atoms with Gasteiger partial charge in [-0.15, -0.1) is 0 Å². The molecule has 0 N–H and O–H groups in total. The predicted octanol–water partition coefficient (Wildman–Crippen LogP) is 8.34. The number of carbonyl (C=O) groups is 1. The van der Waals surface area contributed by atoms with Crippen molar-refractivity contribution in [3.63, 3.8) is 0 Å². The van der Waals surface area contributed by atoms with Gasteiger partial charge in [0.25, 0.3) is 0 Å². The monoisotopic (exact) mass is 480 g/mol. The number of rotatable bonds is 17. The zero-order valence-corrected chi connectivity index (χ0v) is 21.0. The third-order valence-corrected chi connectivity index (χ3v) is 4.35.